The Labute approximate surface area is 160 Å². The number of rotatable bonds is 5. The van der Waals surface area contributed by atoms with Crippen LogP contribution in [0, 0.1) is 5.82 Å². The molecule has 1 amide bonds. The van der Waals surface area contributed by atoms with E-state index in [-0.39, 0.29) is 10.9 Å². The first-order valence-corrected chi connectivity index (χ1v) is 8.51. The highest BCUT2D eigenvalue weighted by Crippen LogP contribution is 2.21. The quantitative estimate of drug-likeness (QED) is 0.584. The minimum atomic E-state index is -0.537. The number of anilines is 1. The van der Waals surface area contributed by atoms with Gasteiger partial charge in [-0.1, -0.05) is 41.4 Å². The Morgan fingerprint density at radius 3 is 2.38 bits per heavy atom. The van der Waals surface area contributed by atoms with Crippen LogP contribution in [-0.4, -0.2) is 5.91 Å². The molecule has 0 aromatic heterocycles. The number of carbonyl (C=O) groups is 1. The van der Waals surface area contributed by atoms with Crippen molar-refractivity contribution in [2.75, 3.05) is 5.32 Å². The van der Waals surface area contributed by atoms with Crippen LogP contribution in [0.15, 0.2) is 66.7 Å². The number of halogens is 3. The third-order valence-corrected chi connectivity index (χ3v) is 4.30. The van der Waals surface area contributed by atoms with Crippen LogP contribution < -0.4 is 10.1 Å². The van der Waals surface area contributed by atoms with Crippen molar-refractivity contribution in [1.29, 1.82) is 0 Å². The van der Waals surface area contributed by atoms with Gasteiger partial charge in [0.05, 0.1) is 5.02 Å². The summed E-state index contributed by atoms with van der Waals surface area (Å²) in [7, 11) is 0. The third-order valence-electron chi connectivity index (χ3n) is 3.65. The summed E-state index contributed by atoms with van der Waals surface area (Å²) in [6.07, 6.45) is 0. The van der Waals surface area contributed by atoms with Gasteiger partial charge in [0, 0.05) is 21.8 Å². The fourth-order valence-electron chi connectivity index (χ4n) is 2.26. The monoisotopic (exact) mass is 389 g/mol. The predicted octanol–water partition coefficient (Wildman–Crippen LogP) is 5.96. The van der Waals surface area contributed by atoms with Crippen LogP contribution >= 0.6 is 23.2 Å². The molecule has 0 bridgehead atoms. The average molecular weight is 390 g/mol. The third kappa shape index (κ3) is 4.54. The number of carbonyl (C=O) groups excluding carboxylic acids is 1. The molecule has 3 aromatic carbocycles. The molecule has 3 aromatic rings. The minimum absolute atomic E-state index is 0.0499. The van der Waals surface area contributed by atoms with Crippen LogP contribution in [0.1, 0.15) is 15.9 Å². The van der Waals surface area contributed by atoms with E-state index >= 15 is 0 Å². The van der Waals surface area contributed by atoms with Crippen molar-refractivity contribution in [3.05, 3.63) is 93.7 Å². The van der Waals surface area contributed by atoms with E-state index in [1.54, 1.807) is 30.3 Å². The second-order valence-corrected chi connectivity index (χ2v) is 6.30. The highest BCUT2D eigenvalue weighted by Gasteiger charge is 2.08. The molecular weight excluding hydrogens is 376 g/mol. The van der Waals surface area contributed by atoms with Gasteiger partial charge < -0.3 is 10.1 Å². The van der Waals surface area contributed by atoms with Gasteiger partial charge in [-0.15, -0.1) is 0 Å². The molecule has 0 saturated carbocycles. The molecule has 26 heavy (non-hydrogen) atoms. The zero-order valence-electron chi connectivity index (χ0n) is 13.5. The zero-order valence-corrected chi connectivity index (χ0v) is 15.0. The lowest BCUT2D eigenvalue weighted by Gasteiger charge is -2.09. The molecule has 132 valence electrons. The molecule has 0 aliphatic heterocycles. The van der Waals surface area contributed by atoms with Gasteiger partial charge in [0.15, 0.2) is 0 Å². The minimum Gasteiger partial charge on any atom is -0.489 e. The smallest absolute Gasteiger partial charge is 0.255 e. The summed E-state index contributed by atoms with van der Waals surface area (Å²) in [5.41, 5.74) is 1.74. The Balaban J connectivity index is 1.62. The maximum absolute atomic E-state index is 13.2. The summed E-state index contributed by atoms with van der Waals surface area (Å²) in [4.78, 5) is 12.2. The lowest BCUT2D eigenvalue weighted by atomic mass is 10.2. The summed E-state index contributed by atoms with van der Waals surface area (Å²) in [5, 5.41) is 3.25. The Kier molecular flexibility index (Phi) is 5.76. The van der Waals surface area contributed by atoms with E-state index in [1.165, 1.54) is 18.2 Å². The van der Waals surface area contributed by atoms with Crippen LogP contribution in [0.4, 0.5) is 10.1 Å². The van der Waals surface area contributed by atoms with Crippen molar-refractivity contribution in [2.45, 2.75) is 6.61 Å². The summed E-state index contributed by atoms with van der Waals surface area (Å²) in [6.45, 7) is 0.333. The molecule has 0 atom stereocenters. The highest BCUT2D eigenvalue weighted by atomic mass is 35.5. The van der Waals surface area contributed by atoms with Gasteiger partial charge in [0.2, 0.25) is 0 Å². The number of benzene rings is 3. The molecule has 6 heteroatoms. The molecule has 0 aliphatic rings. The van der Waals surface area contributed by atoms with E-state index in [0.29, 0.717) is 28.6 Å². The van der Waals surface area contributed by atoms with E-state index in [4.69, 9.17) is 27.9 Å². The van der Waals surface area contributed by atoms with Crippen LogP contribution in [0.2, 0.25) is 10.0 Å². The first kappa shape index (κ1) is 18.2. The molecule has 0 saturated heterocycles. The van der Waals surface area contributed by atoms with E-state index in [1.807, 2.05) is 18.2 Å². The summed E-state index contributed by atoms with van der Waals surface area (Å²) >= 11 is 11.8. The van der Waals surface area contributed by atoms with Gasteiger partial charge in [-0.05, 0) is 48.5 Å². The number of hydrogen-bond donors (Lipinski definition) is 1. The number of hydrogen-bond acceptors (Lipinski definition) is 2. The average Bonchev–Trinajstić information content (AvgIpc) is 2.64. The summed E-state index contributed by atoms with van der Waals surface area (Å²) in [6, 6.07) is 18.1. The van der Waals surface area contributed by atoms with Crippen molar-refractivity contribution in [3.8, 4) is 5.75 Å². The summed E-state index contributed by atoms with van der Waals surface area (Å²) < 4.78 is 18.8. The second kappa shape index (κ2) is 8.21. The SMILES string of the molecule is O=C(Nc1ccc(F)c(Cl)c1)c1ccc(OCc2ccccc2Cl)cc1. The topological polar surface area (TPSA) is 38.3 Å². The van der Waals surface area contributed by atoms with Gasteiger partial charge in [0.25, 0.3) is 5.91 Å². The molecule has 0 radical (unpaired) electrons. The Hall–Kier alpha value is -2.56. The molecule has 1 N–H and O–H groups in total. The van der Waals surface area contributed by atoms with E-state index < -0.39 is 5.82 Å². The van der Waals surface area contributed by atoms with Gasteiger partial charge in [0.1, 0.15) is 18.2 Å². The fourth-order valence-corrected chi connectivity index (χ4v) is 2.63. The number of amides is 1. The van der Waals surface area contributed by atoms with Crippen molar-refractivity contribution in [2.24, 2.45) is 0 Å². The molecule has 3 rings (SSSR count). The van der Waals surface area contributed by atoms with Crippen molar-refractivity contribution in [1.82, 2.24) is 0 Å². The number of ether oxygens (including phenoxy) is 1. The normalized spacial score (nSPS) is 10.4. The van der Waals surface area contributed by atoms with Crippen LogP contribution in [-0.2, 0) is 6.61 Å². The highest BCUT2D eigenvalue weighted by molar-refractivity contribution is 6.31. The Morgan fingerprint density at radius 2 is 1.69 bits per heavy atom. The van der Waals surface area contributed by atoms with Gasteiger partial charge in [-0.3, -0.25) is 4.79 Å². The lowest BCUT2D eigenvalue weighted by Crippen LogP contribution is -2.11. The van der Waals surface area contributed by atoms with Crippen LogP contribution in [0.5, 0.6) is 5.75 Å². The van der Waals surface area contributed by atoms with Crippen LogP contribution in [0.25, 0.3) is 0 Å². The first-order chi connectivity index (χ1) is 12.5. The summed E-state index contributed by atoms with van der Waals surface area (Å²) in [5.74, 6) is -0.249. The van der Waals surface area contributed by atoms with E-state index in [0.717, 1.165) is 5.56 Å². The predicted molar refractivity (Wildman–Crippen MR) is 102 cm³/mol. The second-order valence-electron chi connectivity index (χ2n) is 5.49. The van der Waals surface area contributed by atoms with Crippen molar-refractivity contribution < 1.29 is 13.9 Å². The molecule has 0 heterocycles. The van der Waals surface area contributed by atoms with Crippen LogP contribution in [0.3, 0.4) is 0 Å². The van der Waals surface area contributed by atoms with Crippen molar-refractivity contribution >= 4 is 34.8 Å². The maximum atomic E-state index is 13.2. The first-order valence-electron chi connectivity index (χ1n) is 7.75. The number of nitrogens with one attached hydrogen (secondary N) is 1. The largest absolute Gasteiger partial charge is 0.489 e. The van der Waals surface area contributed by atoms with Gasteiger partial charge >= 0.3 is 0 Å². The molecule has 0 fully saturated rings. The lowest BCUT2D eigenvalue weighted by molar-refractivity contribution is 0.102. The fraction of sp³-hybridized carbons (Fsp3) is 0.0500. The standard InChI is InChI=1S/C20H14Cl2FNO2/c21-17-4-2-1-3-14(17)12-26-16-8-5-13(6-9-16)20(25)24-15-7-10-19(23)18(22)11-15/h1-11H,12H2,(H,24,25). The van der Waals surface area contributed by atoms with E-state index in [2.05, 4.69) is 5.32 Å². The molecular formula is C20H14Cl2FNO2. The molecule has 0 spiro atoms. The van der Waals surface area contributed by atoms with Crippen molar-refractivity contribution in [3.63, 3.8) is 0 Å². The molecule has 0 aliphatic carbocycles. The Bertz CT molecular complexity index is 929. The zero-order chi connectivity index (χ0) is 18.5. The maximum Gasteiger partial charge on any atom is 0.255 e. The van der Waals surface area contributed by atoms with Gasteiger partial charge in [-0.2, -0.15) is 0 Å². The van der Waals surface area contributed by atoms with E-state index in [9.17, 15) is 9.18 Å². The Morgan fingerprint density at radius 1 is 0.962 bits per heavy atom. The molecule has 3 nitrogen and oxygen atoms in total. The van der Waals surface area contributed by atoms with Gasteiger partial charge in [-0.25, -0.2) is 4.39 Å². The molecule has 0 unspecified atom stereocenters.